The van der Waals surface area contributed by atoms with Gasteiger partial charge in [-0.1, -0.05) is 29.3 Å². The van der Waals surface area contributed by atoms with Crippen molar-refractivity contribution in [3.05, 3.63) is 33.8 Å². The van der Waals surface area contributed by atoms with Crippen molar-refractivity contribution in [2.24, 2.45) is 0 Å². The summed E-state index contributed by atoms with van der Waals surface area (Å²) in [4.78, 5) is 11.8. The molecule has 0 spiro atoms. The van der Waals surface area contributed by atoms with E-state index in [1.54, 1.807) is 32.0 Å². The SMILES string of the molecule is COC(=O)[C@@H]1OC(C)(C)O[C@H]1c1ccc(Cl)cc1Cl. The second-order valence-corrected chi connectivity index (χ2v) is 5.51. The molecule has 2 rings (SSSR count). The maximum Gasteiger partial charge on any atom is 0.338 e. The minimum Gasteiger partial charge on any atom is -0.467 e. The van der Waals surface area contributed by atoms with E-state index in [-0.39, 0.29) is 0 Å². The van der Waals surface area contributed by atoms with Crippen LogP contribution in [0.15, 0.2) is 18.2 Å². The lowest BCUT2D eigenvalue weighted by Gasteiger charge is -2.17. The molecular weight excluding hydrogens is 291 g/mol. The second kappa shape index (κ2) is 5.29. The fourth-order valence-electron chi connectivity index (χ4n) is 2.01. The quantitative estimate of drug-likeness (QED) is 0.786. The zero-order valence-electron chi connectivity index (χ0n) is 10.8. The second-order valence-electron chi connectivity index (χ2n) is 4.67. The number of hydrogen-bond acceptors (Lipinski definition) is 4. The molecule has 19 heavy (non-hydrogen) atoms. The molecule has 0 bridgehead atoms. The van der Waals surface area contributed by atoms with Gasteiger partial charge in [0.2, 0.25) is 0 Å². The first kappa shape index (κ1) is 14.6. The van der Waals surface area contributed by atoms with Crippen molar-refractivity contribution in [3.63, 3.8) is 0 Å². The Morgan fingerprint density at radius 2 is 2.00 bits per heavy atom. The van der Waals surface area contributed by atoms with Crippen LogP contribution in [0.5, 0.6) is 0 Å². The van der Waals surface area contributed by atoms with Crippen LogP contribution in [-0.4, -0.2) is 25.0 Å². The molecule has 2 atom stereocenters. The zero-order chi connectivity index (χ0) is 14.2. The van der Waals surface area contributed by atoms with Gasteiger partial charge in [0, 0.05) is 15.6 Å². The van der Waals surface area contributed by atoms with Gasteiger partial charge in [-0.2, -0.15) is 0 Å². The monoisotopic (exact) mass is 304 g/mol. The van der Waals surface area contributed by atoms with E-state index in [0.717, 1.165) is 0 Å². The van der Waals surface area contributed by atoms with Gasteiger partial charge in [0.15, 0.2) is 11.9 Å². The van der Waals surface area contributed by atoms with Crippen molar-refractivity contribution < 1.29 is 19.0 Å². The van der Waals surface area contributed by atoms with Crippen molar-refractivity contribution in [3.8, 4) is 0 Å². The van der Waals surface area contributed by atoms with Crippen molar-refractivity contribution in [1.29, 1.82) is 0 Å². The molecule has 0 radical (unpaired) electrons. The number of ether oxygens (including phenoxy) is 3. The highest BCUT2D eigenvalue weighted by Crippen LogP contribution is 2.41. The maximum absolute atomic E-state index is 11.8. The van der Waals surface area contributed by atoms with E-state index in [0.29, 0.717) is 15.6 Å². The number of rotatable bonds is 2. The molecule has 0 aromatic heterocycles. The number of benzene rings is 1. The zero-order valence-corrected chi connectivity index (χ0v) is 12.3. The summed E-state index contributed by atoms with van der Waals surface area (Å²) in [5.41, 5.74) is 0.645. The Morgan fingerprint density at radius 1 is 1.32 bits per heavy atom. The number of methoxy groups -OCH3 is 1. The van der Waals surface area contributed by atoms with Gasteiger partial charge in [0.25, 0.3) is 0 Å². The molecule has 0 saturated carbocycles. The third-order valence-electron chi connectivity index (χ3n) is 2.80. The van der Waals surface area contributed by atoms with E-state index < -0.39 is 24.0 Å². The molecule has 0 amide bonds. The summed E-state index contributed by atoms with van der Waals surface area (Å²) in [7, 11) is 1.30. The molecule has 104 valence electrons. The van der Waals surface area contributed by atoms with Gasteiger partial charge in [0.05, 0.1) is 7.11 Å². The lowest BCUT2D eigenvalue weighted by Crippen LogP contribution is -2.29. The summed E-state index contributed by atoms with van der Waals surface area (Å²) in [5.74, 6) is -1.38. The number of hydrogen-bond donors (Lipinski definition) is 0. The summed E-state index contributed by atoms with van der Waals surface area (Å²) < 4.78 is 16.0. The molecule has 1 aliphatic rings. The highest BCUT2D eigenvalue weighted by Gasteiger charge is 2.47. The predicted octanol–water partition coefficient (Wildman–Crippen LogP) is 3.36. The largest absolute Gasteiger partial charge is 0.467 e. The van der Waals surface area contributed by atoms with Gasteiger partial charge in [-0.25, -0.2) is 4.79 Å². The smallest absolute Gasteiger partial charge is 0.338 e. The Kier molecular flexibility index (Phi) is 4.06. The van der Waals surface area contributed by atoms with Crippen molar-refractivity contribution in [2.75, 3.05) is 7.11 Å². The summed E-state index contributed by atoms with van der Waals surface area (Å²) in [5, 5.41) is 0.939. The summed E-state index contributed by atoms with van der Waals surface area (Å²) in [6.07, 6.45) is -1.47. The molecule has 1 saturated heterocycles. The Balaban J connectivity index is 2.37. The topological polar surface area (TPSA) is 44.8 Å². The number of esters is 1. The normalized spacial score (nSPS) is 25.3. The van der Waals surface area contributed by atoms with Crippen LogP contribution in [0.1, 0.15) is 25.5 Å². The van der Waals surface area contributed by atoms with Gasteiger partial charge in [-0.05, 0) is 26.0 Å². The average molecular weight is 305 g/mol. The maximum atomic E-state index is 11.8. The molecule has 4 nitrogen and oxygen atoms in total. The van der Waals surface area contributed by atoms with Gasteiger partial charge in [0.1, 0.15) is 6.10 Å². The van der Waals surface area contributed by atoms with Crippen LogP contribution in [0.3, 0.4) is 0 Å². The number of halogens is 2. The summed E-state index contributed by atoms with van der Waals surface area (Å²) >= 11 is 12.0. The highest BCUT2D eigenvalue weighted by molar-refractivity contribution is 6.35. The molecule has 1 aliphatic heterocycles. The van der Waals surface area contributed by atoms with E-state index in [9.17, 15) is 4.79 Å². The van der Waals surface area contributed by atoms with Crippen LogP contribution < -0.4 is 0 Å². The first-order valence-electron chi connectivity index (χ1n) is 5.72. The van der Waals surface area contributed by atoms with Gasteiger partial charge in [-0.3, -0.25) is 0 Å². The van der Waals surface area contributed by atoms with Crippen LogP contribution in [0.4, 0.5) is 0 Å². The van der Waals surface area contributed by atoms with Crippen molar-refractivity contribution in [1.82, 2.24) is 0 Å². The third kappa shape index (κ3) is 3.03. The van der Waals surface area contributed by atoms with Gasteiger partial charge in [-0.15, -0.1) is 0 Å². The van der Waals surface area contributed by atoms with Crippen LogP contribution in [0, 0.1) is 0 Å². The van der Waals surface area contributed by atoms with E-state index in [1.807, 2.05) is 0 Å². The molecular formula is C13H14Cl2O4. The van der Waals surface area contributed by atoms with E-state index in [4.69, 9.17) is 37.4 Å². The molecule has 1 fully saturated rings. The third-order valence-corrected chi connectivity index (χ3v) is 3.36. The van der Waals surface area contributed by atoms with E-state index >= 15 is 0 Å². The standard InChI is InChI=1S/C13H14Cl2O4/c1-13(2)18-10(11(19-13)12(16)17-3)8-5-4-7(14)6-9(8)15/h4-6,10-11H,1-3H3/t10-,11+/m0/s1. The van der Waals surface area contributed by atoms with E-state index in [2.05, 4.69) is 0 Å². The van der Waals surface area contributed by atoms with E-state index in [1.165, 1.54) is 7.11 Å². The Bertz CT molecular complexity index is 501. The molecule has 0 aliphatic carbocycles. The van der Waals surface area contributed by atoms with Crippen LogP contribution in [-0.2, 0) is 19.0 Å². The lowest BCUT2D eigenvalue weighted by atomic mass is 10.0. The molecule has 6 heteroatoms. The summed E-state index contributed by atoms with van der Waals surface area (Å²) in [6.45, 7) is 3.46. The molecule has 0 unspecified atom stereocenters. The average Bonchev–Trinajstić information content (AvgIpc) is 2.64. The molecule has 1 heterocycles. The van der Waals surface area contributed by atoms with Crippen molar-refractivity contribution in [2.45, 2.75) is 31.8 Å². The minimum atomic E-state index is -0.882. The minimum absolute atomic E-state index is 0.424. The van der Waals surface area contributed by atoms with Crippen LogP contribution in [0.2, 0.25) is 10.0 Å². The van der Waals surface area contributed by atoms with Crippen molar-refractivity contribution >= 4 is 29.2 Å². The molecule has 0 N–H and O–H groups in total. The molecule has 1 aromatic rings. The fraction of sp³-hybridized carbons (Fsp3) is 0.462. The number of carbonyl (C=O) groups is 1. The Morgan fingerprint density at radius 3 is 2.58 bits per heavy atom. The Hall–Kier alpha value is -0.810. The first-order valence-corrected chi connectivity index (χ1v) is 6.48. The lowest BCUT2D eigenvalue weighted by molar-refractivity contribution is -0.168. The first-order chi connectivity index (χ1) is 8.84. The van der Waals surface area contributed by atoms with Crippen LogP contribution >= 0.6 is 23.2 Å². The number of carbonyl (C=O) groups excluding carboxylic acids is 1. The van der Waals surface area contributed by atoms with Gasteiger partial charge < -0.3 is 14.2 Å². The predicted molar refractivity (Wildman–Crippen MR) is 71.3 cm³/mol. The Labute approximate surface area is 121 Å². The fourth-order valence-corrected chi connectivity index (χ4v) is 2.53. The van der Waals surface area contributed by atoms with Crippen LogP contribution in [0.25, 0.3) is 0 Å². The highest BCUT2D eigenvalue weighted by atomic mass is 35.5. The molecule has 1 aromatic carbocycles. The summed E-state index contributed by atoms with van der Waals surface area (Å²) in [6, 6.07) is 5.00. The van der Waals surface area contributed by atoms with Gasteiger partial charge >= 0.3 is 5.97 Å².